The van der Waals surface area contributed by atoms with Gasteiger partial charge in [0.2, 0.25) is 5.91 Å². The highest BCUT2D eigenvalue weighted by Crippen LogP contribution is 2.25. The molecular weight excluding hydrogens is 469 g/mol. The first-order valence-electron chi connectivity index (χ1n) is 12.2. The molecule has 0 aliphatic carbocycles. The van der Waals surface area contributed by atoms with Crippen LogP contribution in [0.25, 0.3) is 16.9 Å². The van der Waals surface area contributed by atoms with Gasteiger partial charge < -0.3 is 15.5 Å². The zero-order valence-electron chi connectivity index (χ0n) is 20.9. The first kappa shape index (κ1) is 25.6. The van der Waals surface area contributed by atoms with Gasteiger partial charge in [-0.15, -0.1) is 0 Å². The molecule has 3 amide bonds. The Morgan fingerprint density at radius 3 is 2.24 bits per heavy atom. The SMILES string of the molecule is CC(C)CN(CC(=O)Nc1cc(-c2ccccc2)nn1-c1ccc(F)cc1)C(=O)NCc1ccccc1. The van der Waals surface area contributed by atoms with Crippen molar-refractivity contribution < 1.29 is 14.0 Å². The third kappa shape index (κ3) is 7.04. The van der Waals surface area contributed by atoms with Gasteiger partial charge in [0.1, 0.15) is 18.2 Å². The van der Waals surface area contributed by atoms with Gasteiger partial charge in [0, 0.05) is 24.7 Å². The molecular formula is C29H30FN5O2. The summed E-state index contributed by atoms with van der Waals surface area (Å²) in [5, 5.41) is 10.4. The Balaban J connectivity index is 1.52. The molecule has 7 nitrogen and oxygen atoms in total. The van der Waals surface area contributed by atoms with Crippen molar-refractivity contribution >= 4 is 17.8 Å². The van der Waals surface area contributed by atoms with E-state index in [1.807, 2.05) is 74.5 Å². The van der Waals surface area contributed by atoms with Crippen molar-refractivity contribution in [2.75, 3.05) is 18.4 Å². The number of aromatic nitrogens is 2. The molecule has 4 rings (SSSR count). The molecule has 1 aromatic heterocycles. The number of amides is 3. The van der Waals surface area contributed by atoms with E-state index in [-0.39, 0.29) is 30.2 Å². The Morgan fingerprint density at radius 1 is 0.946 bits per heavy atom. The Morgan fingerprint density at radius 2 is 1.59 bits per heavy atom. The maximum Gasteiger partial charge on any atom is 0.318 e. The molecule has 0 fully saturated rings. The number of rotatable bonds is 9. The smallest absolute Gasteiger partial charge is 0.318 e. The van der Waals surface area contributed by atoms with Crippen LogP contribution in [0.15, 0.2) is 91.0 Å². The number of carbonyl (C=O) groups is 2. The zero-order chi connectivity index (χ0) is 26.2. The van der Waals surface area contributed by atoms with E-state index in [1.165, 1.54) is 17.0 Å². The molecule has 4 aromatic rings. The molecule has 37 heavy (non-hydrogen) atoms. The average molecular weight is 500 g/mol. The summed E-state index contributed by atoms with van der Waals surface area (Å²) in [6.45, 7) is 4.64. The minimum Gasteiger partial charge on any atom is -0.334 e. The highest BCUT2D eigenvalue weighted by Gasteiger charge is 2.20. The number of hydrogen-bond acceptors (Lipinski definition) is 3. The normalized spacial score (nSPS) is 10.8. The van der Waals surface area contributed by atoms with Crippen LogP contribution in [0.5, 0.6) is 0 Å². The molecule has 1 heterocycles. The fraction of sp³-hybridized carbons (Fsp3) is 0.207. The van der Waals surface area contributed by atoms with Crippen molar-refractivity contribution in [2.24, 2.45) is 5.92 Å². The predicted molar refractivity (Wildman–Crippen MR) is 143 cm³/mol. The molecule has 0 spiro atoms. The standard InChI is InChI=1S/C29H30FN5O2/c1-21(2)19-34(29(37)31-18-22-9-5-3-6-10-22)20-28(36)32-27-17-26(23-11-7-4-8-12-23)33-35(27)25-15-13-24(30)14-16-25/h3-17,21H,18-20H2,1-2H3,(H,31,37)(H,32,36). The third-order valence-corrected chi connectivity index (χ3v) is 5.61. The number of halogens is 1. The minimum atomic E-state index is -0.365. The summed E-state index contributed by atoms with van der Waals surface area (Å²) in [6.07, 6.45) is 0. The van der Waals surface area contributed by atoms with E-state index in [1.54, 1.807) is 22.9 Å². The van der Waals surface area contributed by atoms with Gasteiger partial charge >= 0.3 is 6.03 Å². The molecule has 0 radical (unpaired) electrons. The molecule has 3 aromatic carbocycles. The number of hydrogen-bond donors (Lipinski definition) is 2. The lowest BCUT2D eigenvalue weighted by Crippen LogP contribution is -2.45. The first-order valence-corrected chi connectivity index (χ1v) is 12.2. The molecule has 0 saturated heterocycles. The lowest BCUT2D eigenvalue weighted by molar-refractivity contribution is -0.116. The molecule has 0 saturated carbocycles. The van der Waals surface area contributed by atoms with Gasteiger partial charge in [-0.1, -0.05) is 74.5 Å². The quantitative estimate of drug-likeness (QED) is 0.320. The largest absolute Gasteiger partial charge is 0.334 e. The lowest BCUT2D eigenvalue weighted by Gasteiger charge is -2.24. The fourth-order valence-electron chi connectivity index (χ4n) is 3.90. The maximum absolute atomic E-state index is 13.5. The number of nitrogens with zero attached hydrogens (tertiary/aromatic N) is 3. The molecule has 0 atom stereocenters. The number of carbonyl (C=O) groups excluding carboxylic acids is 2. The van der Waals surface area contributed by atoms with E-state index in [2.05, 4.69) is 15.7 Å². The van der Waals surface area contributed by atoms with Crippen molar-refractivity contribution in [2.45, 2.75) is 20.4 Å². The summed E-state index contributed by atoms with van der Waals surface area (Å²) < 4.78 is 15.1. The van der Waals surface area contributed by atoms with Crippen molar-refractivity contribution in [3.8, 4) is 16.9 Å². The van der Waals surface area contributed by atoms with Crippen LogP contribution in [0.3, 0.4) is 0 Å². The highest BCUT2D eigenvalue weighted by atomic mass is 19.1. The maximum atomic E-state index is 13.5. The van der Waals surface area contributed by atoms with E-state index in [4.69, 9.17) is 0 Å². The molecule has 0 aliphatic rings. The number of benzene rings is 3. The summed E-state index contributed by atoms with van der Waals surface area (Å²) in [5.74, 6) is -0.136. The fourth-order valence-corrected chi connectivity index (χ4v) is 3.90. The first-order chi connectivity index (χ1) is 17.9. The summed E-state index contributed by atoms with van der Waals surface area (Å²) in [7, 11) is 0. The van der Waals surface area contributed by atoms with Crippen molar-refractivity contribution in [3.05, 3.63) is 102 Å². The van der Waals surface area contributed by atoms with E-state index in [9.17, 15) is 14.0 Å². The van der Waals surface area contributed by atoms with E-state index in [0.717, 1.165) is 11.1 Å². The van der Waals surface area contributed by atoms with Crippen LogP contribution in [0.4, 0.5) is 15.0 Å². The van der Waals surface area contributed by atoms with Gasteiger partial charge in [-0.3, -0.25) is 4.79 Å². The van der Waals surface area contributed by atoms with Crippen LogP contribution in [-0.4, -0.2) is 39.7 Å². The number of anilines is 1. The van der Waals surface area contributed by atoms with E-state index >= 15 is 0 Å². The van der Waals surface area contributed by atoms with E-state index in [0.29, 0.717) is 30.3 Å². The molecule has 0 bridgehead atoms. The zero-order valence-corrected chi connectivity index (χ0v) is 20.9. The molecule has 8 heteroatoms. The number of urea groups is 1. The Hall–Kier alpha value is -4.46. The molecule has 0 aliphatic heterocycles. The second-order valence-corrected chi connectivity index (χ2v) is 9.14. The summed E-state index contributed by atoms with van der Waals surface area (Å²) in [6, 6.07) is 26.5. The minimum absolute atomic E-state index is 0.131. The van der Waals surface area contributed by atoms with Crippen LogP contribution in [0.2, 0.25) is 0 Å². The van der Waals surface area contributed by atoms with Crippen LogP contribution in [0.1, 0.15) is 19.4 Å². The Kier molecular flexibility index (Phi) is 8.30. The predicted octanol–water partition coefficient (Wildman–Crippen LogP) is 5.48. The summed E-state index contributed by atoms with van der Waals surface area (Å²) in [4.78, 5) is 27.6. The van der Waals surface area contributed by atoms with Gasteiger partial charge in [-0.2, -0.15) is 5.10 Å². The van der Waals surface area contributed by atoms with Gasteiger partial charge in [0.25, 0.3) is 0 Å². The lowest BCUT2D eigenvalue weighted by atomic mass is 10.1. The average Bonchev–Trinajstić information content (AvgIpc) is 3.31. The van der Waals surface area contributed by atoms with Crippen LogP contribution in [-0.2, 0) is 11.3 Å². The highest BCUT2D eigenvalue weighted by molar-refractivity contribution is 5.94. The van der Waals surface area contributed by atoms with Gasteiger partial charge in [-0.05, 0) is 35.7 Å². The van der Waals surface area contributed by atoms with Crippen molar-refractivity contribution in [3.63, 3.8) is 0 Å². The van der Waals surface area contributed by atoms with Crippen molar-refractivity contribution in [1.82, 2.24) is 20.0 Å². The van der Waals surface area contributed by atoms with Crippen LogP contribution in [0, 0.1) is 11.7 Å². The third-order valence-electron chi connectivity index (χ3n) is 5.61. The summed E-state index contributed by atoms with van der Waals surface area (Å²) >= 11 is 0. The topological polar surface area (TPSA) is 79.3 Å². The van der Waals surface area contributed by atoms with E-state index < -0.39 is 0 Å². The van der Waals surface area contributed by atoms with Crippen LogP contribution >= 0.6 is 0 Å². The molecule has 0 unspecified atom stereocenters. The van der Waals surface area contributed by atoms with Gasteiger partial charge in [-0.25, -0.2) is 13.9 Å². The second-order valence-electron chi connectivity index (χ2n) is 9.14. The molecule has 2 N–H and O–H groups in total. The van der Waals surface area contributed by atoms with Gasteiger partial charge in [0.05, 0.1) is 11.4 Å². The number of nitrogens with one attached hydrogen (secondary N) is 2. The van der Waals surface area contributed by atoms with Gasteiger partial charge in [0.15, 0.2) is 0 Å². The summed E-state index contributed by atoms with van der Waals surface area (Å²) in [5.41, 5.74) is 3.10. The van der Waals surface area contributed by atoms with Crippen LogP contribution < -0.4 is 10.6 Å². The molecule has 190 valence electrons. The Labute approximate surface area is 215 Å². The van der Waals surface area contributed by atoms with Crippen molar-refractivity contribution in [1.29, 1.82) is 0 Å². The second kappa shape index (κ2) is 12.0. The monoisotopic (exact) mass is 499 g/mol. The Bertz CT molecular complexity index is 1320.